The van der Waals surface area contributed by atoms with E-state index in [-0.39, 0.29) is 35.4 Å². The summed E-state index contributed by atoms with van der Waals surface area (Å²) in [6.45, 7) is 4.53. The molecule has 8 heteroatoms. The van der Waals surface area contributed by atoms with E-state index in [1.165, 1.54) is 40.7 Å². The van der Waals surface area contributed by atoms with Gasteiger partial charge in [0.25, 0.3) is 5.91 Å². The molecule has 1 heterocycles. The third-order valence-electron chi connectivity index (χ3n) is 4.51. The molecule has 150 valence electrons. The van der Waals surface area contributed by atoms with Gasteiger partial charge in [0.15, 0.2) is 0 Å². The predicted octanol–water partition coefficient (Wildman–Crippen LogP) is 2.55. The number of amides is 1. The van der Waals surface area contributed by atoms with Crippen molar-refractivity contribution in [1.29, 1.82) is 0 Å². The van der Waals surface area contributed by atoms with Crippen molar-refractivity contribution < 1.29 is 22.3 Å². The predicted molar refractivity (Wildman–Crippen MR) is 103 cm³/mol. The molecule has 28 heavy (non-hydrogen) atoms. The summed E-state index contributed by atoms with van der Waals surface area (Å²) in [5, 5.41) is 2.73. The van der Waals surface area contributed by atoms with E-state index in [4.69, 9.17) is 4.74 Å². The molecule has 0 radical (unpaired) electrons. The summed E-state index contributed by atoms with van der Waals surface area (Å²) in [6.07, 6.45) is -0.343. The summed E-state index contributed by atoms with van der Waals surface area (Å²) in [7, 11) is -3.64. The Morgan fingerprint density at radius 1 is 1.07 bits per heavy atom. The normalized spacial score (nSPS) is 20.7. The van der Waals surface area contributed by atoms with Gasteiger partial charge in [-0.25, -0.2) is 12.8 Å². The second-order valence-corrected chi connectivity index (χ2v) is 8.85. The number of nitrogens with one attached hydrogen (secondary N) is 1. The highest BCUT2D eigenvalue weighted by molar-refractivity contribution is 7.89. The molecule has 1 fully saturated rings. The zero-order valence-corrected chi connectivity index (χ0v) is 16.6. The minimum atomic E-state index is -3.64. The number of carbonyl (C=O) groups is 1. The van der Waals surface area contributed by atoms with Crippen LogP contribution in [0, 0.1) is 5.82 Å². The Hall–Kier alpha value is -2.29. The van der Waals surface area contributed by atoms with Crippen molar-refractivity contribution in [3.8, 4) is 0 Å². The van der Waals surface area contributed by atoms with Crippen LogP contribution in [0.15, 0.2) is 53.4 Å². The van der Waals surface area contributed by atoms with E-state index < -0.39 is 10.0 Å². The Morgan fingerprint density at radius 3 is 2.21 bits per heavy atom. The van der Waals surface area contributed by atoms with Crippen LogP contribution in [0.2, 0.25) is 0 Å². The number of hydrogen-bond donors (Lipinski definition) is 1. The number of nitrogens with zero attached hydrogens (tertiary/aromatic N) is 1. The van der Waals surface area contributed by atoms with Crippen LogP contribution in [-0.2, 0) is 21.3 Å². The second-order valence-electron chi connectivity index (χ2n) is 6.91. The fraction of sp³-hybridized carbons (Fsp3) is 0.350. The van der Waals surface area contributed by atoms with E-state index >= 15 is 0 Å². The van der Waals surface area contributed by atoms with Gasteiger partial charge in [-0.2, -0.15) is 4.31 Å². The Bertz CT molecular complexity index is 920. The van der Waals surface area contributed by atoms with Crippen molar-refractivity contribution >= 4 is 15.9 Å². The largest absolute Gasteiger partial charge is 0.373 e. The van der Waals surface area contributed by atoms with Crippen LogP contribution in [0.5, 0.6) is 0 Å². The fourth-order valence-electron chi connectivity index (χ4n) is 3.14. The molecule has 1 amide bonds. The third kappa shape index (κ3) is 4.76. The summed E-state index contributed by atoms with van der Waals surface area (Å²) < 4.78 is 45.6. The summed E-state index contributed by atoms with van der Waals surface area (Å²) >= 11 is 0. The Kier molecular flexibility index (Phi) is 6.12. The lowest BCUT2D eigenvalue weighted by Gasteiger charge is -2.34. The monoisotopic (exact) mass is 406 g/mol. The number of ether oxygens (including phenoxy) is 1. The Morgan fingerprint density at radius 2 is 1.64 bits per heavy atom. The molecule has 3 rings (SSSR count). The van der Waals surface area contributed by atoms with Crippen LogP contribution in [0.4, 0.5) is 4.39 Å². The van der Waals surface area contributed by atoms with Gasteiger partial charge >= 0.3 is 0 Å². The van der Waals surface area contributed by atoms with Gasteiger partial charge in [-0.15, -0.1) is 0 Å². The first-order valence-electron chi connectivity index (χ1n) is 9.04. The van der Waals surface area contributed by atoms with Crippen molar-refractivity contribution in [3.05, 3.63) is 65.5 Å². The van der Waals surface area contributed by atoms with Gasteiger partial charge in [-0.3, -0.25) is 4.79 Å². The number of morpholine rings is 1. The number of carbonyl (C=O) groups excluding carboxylic acids is 1. The highest BCUT2D eigenvalue weighted by Gasteiger charge is 2.32. The molecule has 6 nitrogen and oxygen atoms in total. The van der Waals surface area contributed by atoms with Crippen LogP contribution in [-0.4, -0.2) is 43.9 Å². The van der Waals surface area contributed by atoms with Gasteiger partial charge < -0.3 is 10.1 Å². The maximum absolute atomic E-state index is 12.9. The molecule has 1 aliphatic rings. The van der Waals surface area contributed by atoms with E-state index in [9.17, 15) is 17.6 Å². The summed E-state index contributed by atoms with van der Waals surface area (Å²) in [4.78, 5) is 12.4. The molecule has 2 aromatic carbocycles. The topological polar surface area (TPSA) is 75.7 Å². The molecule has 0 spiro atoms. The first kappa shape index (κ1) is 20.4. The van der Waals surface area contributed by atoms with Gasteiger partial charge in [0.2, 0.25) is 10.0 Å². The van der Waals surface area contributed by atoms with Crippen molar-refractivity contribution in [1.82, 2.24) is 9.62 Å². The highest BCUT2D eigenvalue weighted by atomic mass is 32.2. The van der Waals surface area contributed by atoms with Crippen LogP contribution >= 0.6 is 0 Å². The molecule has 1 saturated heterocycles. The zero-order chi connectivity index (χ0) is 20.3. The molecule has 0 bridgehead atoms. The molecule has 0 aromatic heterocycles. The lowest BCUT2D eigenvalue weighted by Crippen LogP contribution is -2.48. The van der Waals surface area contributed by atoms with Gasteiger partial charge in [-0.05, 0) is 55.8 Å². The maximum atomic E-state index is 12.9. The standard InChI is InChI=1S/C20H23FN2O4S/c1-14-12-23(13-15(2)27-14)28(25,26)19-9-5-17(6-10-19)20(24)22-11-16-3-7-18(21)8-4-16/h3-10,14-15H,11-13H2,1-2H3,(H,22,24). The van der Waals surface area contributed by atoms with Gasteiger partial charge in [-0.1, -0.05) is 12.1 Å². The molecule has 1 N–H and O–H groups in total. The lowest BCUT2D eigenvalue weighted by molar-refractivity contribution is -0.0440. The quantitative estimate of drug-likeness (QED) is 0.828. The van der Waals surface area contributed by atoms with Crippen molar-refractivity contribution in [3.63, 3.8) is 0 Å². The van der Waals surface area contributed by atoms with E-state index in [0.717, 1.165) is 5.56 Å². The van der Waals surface area contributed by atoms with Crippen molar-refractivity contribution in [2.45, 2.75) is 37.5 Å². The van der Waals surface area contributed by atoms with Crippen molar-refractivity contribution in [2.24, 2.45) is 0 Å². The molecule has 1 aliphatic heterocycles. The van der Waals surface area contributed by atoms with Gasteiger partial charge in [0.05, 0.1) is 17.1 Å². The Balaban J connectivity index is 1.66. The fourth-order valence-corrected chi connectivity index (χ4v) is 4.73. The first-order chi connectivity index (χ1) is 13.3. The molecule has 2 unspecified atom stereocenters. The molecular formula is C20H23FN2O4S. The molecular weight excluding hydrogens is 383 g/mol. The molecule has 0 saturated carbocycles. The smallest absolute Gasteiger partial charge is 0.251 e. The van der Waals surface area contributed by atoms with Crippen molar-refractivity contribution in [2.75, 3.05) is 13.1 Å². The Labute approximate surface area is 164 Å². The average Bonchev–Trinajstić information content (AvgIpc) is 2.66. The second kappa shape index (κ2) is 8.38. The number of rotatable bonds is 5. The molecule has 2 aromatic rings. The number of hydrogen-bond acceptors (Lipinski definition) is 4. The third-order valence-corrected chi connectivity index (χ3v) is 6.35. The highest BCUT2D eigenvalue weighted by Crippen LogP contribution is 2.21. The van der Waals surface area contributed by atoms with Gasteiger partial charge in [0.1, 0.15) is 5.82 Å². The summed E-state index contributed by atoms with van der Waals surface area (Å²) in [5.74, 6) is -0.669. The maximum Gasteiger partial charge on any atom is 0.251 e. The van der Waals surface area contributed by atoms with Crippen LogP contribution in [0.1, 0.15) is 29.8 Å². The van der Waals surface area contributed by atoms with E-state index in [0.29, 0.717) is 18.7 Å². The summed E-state index contributed by atoms with van der Waals surface area (Å²) in [5.41, 5.74) is 1.12. The van der Waals surface area contributed by atoms with Crippen LogP contribution in [0.3, 0.4) is 0 Å². The first-order valence-corrected chi connectivity index (χ1v) is 10.5. The van der Waals surface area contributed by atoms with Crippen LogP contribution < -0.4 is 5.32 Å². The average molecular weight is 406 g/mol. The SMILES string of the molecule is CC1CN(S(=O)(=O)c2ccc(C(=O)NCc3ccc(F)cc3)cc2)CC(C)O1. The van der Waals surface area contributed by atoms with E-state index in [1.54, 1.807) is 12.1 Å². The zero-order valence-electron chi connectivity index (χ0n) is 15.8. The van der Waals surface area contributed by atoms with Gasteiger partial charge in [0, 0.05) is 25.2 Å². The van der Waals surface area contributed by atoms with E-state index in [2.05, 4.69) is 5.32 Å². The molecule has 2 atom stereocenters. The number of halogens is 1. The number of sulfonamides is 1. The van der Waals surface area contributed by atoms with Crippen LogP contribution in [0.25, 0.3) is 0 Å². The minimum absolute atomic E-state index is 0.142. The number of benzene rings is 2. The molecule has 0 aliphatic carbocycles. The van der Waals surface area contributed by atoms with E-state index in [1.807, 2.05) is 13.8 Å². The lowest BCUT2D eigenvalue weighted by atomic mass is 10.2. The summed E-state index contributed by atoms with van der Waals surface area (Å²) in [6, 6.07) is 11.7. The minimum Gasteiger partial charge on any atom is -0.373 e.